The molecule has 1 aliphatic carbocycles. The summed E-state index contributed by atoms with van der Waals surface area (Å²) in [6.45, 7) is 6.13. The van der Waals surface area contributed by atoms with Crippen LogP contribution >= 0.6 is 0 Å². The number of carbonyl (C=O) groups is 1. The molecule has 0 spiro atoms. The maximum atomic E-state index is 11.6. The minimum atomic E-state index is 0.0394. The molecule has 2 aliphatic rings. The number of ketones is 1. The molecule has 0 radical (unpaired) electrons. The average Bonchev–Trinajstić information content (AvgIpc) is 2.63. The molecule has 1 fully saturated rings. The average molecular weight is 224 g/mol. The minimum absolute atomic E-state index is 0.0394. The van der Waals surface area contributed by atoms with Crippen LogP contribution in [0.5, 0.6) is 0 Å². The molecule has 0 unspecified atom stereocenters. The fourth-order valence-electron chi connectivity index (χ4n) is 2.65. The third kappa shape index (κ3) is 3.16. The maximum Gasteiger partial charge on any atom is 0.143 e. The zero-order chi connectivity index (χ0) is 11.6. The molecule has 1 aliphatic heterocycles. The normalized spacial score (nSPS) is 29.2. The van der Waals surface area contributed by atoms with Crippen LogP contribution in [0.15, 0.2) is 11.8 Å². The van der Waals surface area contributed by atoms with Crippen molar-refractivity contribution < 1.29 is 14.8 Å². The second-order valence-electron chi connectivity index (χ2n) is 5.67. The van der Waals surface area contributed by atoms with Crippen LogP contribution < -0.4 is 5.32 Å². The van der Waals surface area contributed by atoms with Crippen LogP contribution in [0.25, 0.3) is 0 Å². The van der Waals surface area contributed by atoms with Gasteiger partial charge in [-0.3, -0.25) is 4.79 Å². The van der Waals surface area contributed by atoms with Crippen molar-refractivity contribution in [3.05, 3.63) is 11.8 Å². The topological polar surface area (TPSA) is 42.9 Å². The van der Waals surface area contributed by atoms with Gasteiger partial charge in [0.2, 0.25) is 0 Å². The molecule has 2 rings (SSSR count). The smallest absolute Gasteiger partial charge is 0.143 e. The first-order valence-electron chi connectivity index (χ1n) is 6.23. The van der Waals surface area contributed by atoms with Crippen LogP contribution in [0.1, 0.15) is 39.5 Å². The van der Waals surface area contributed by atoms with Gasteiger partial charge in [-0.25, -0.2) is 0 Å². The zero-order valence-electron chi connectivity index (χ0n) is 10.3. The Kier molecular flexibility index (Phi) is 3.45. The summed E-state index contributed by atoms with van der Waals surface area (Å²) >= 11 is 0. The highest BCUT2D eigenvalue weighted by Gasteiger charge is 2.28. The molecule has 2 N–H and O–H groups in total. The first kappa shape index (κ1) is 11.8. The quantitative estimate of drug-likeness (QED) is 0.777. The van der Waals surface area contributed by atoms with Crippen LogP contribution in [0.2, 0.25) is 0 Å². The molecule has 0 amide bonds. The van der Waals surface area contributed by atoms with Gasteiger partial charge in [-0.1, -0.05) is 13.8 Å². The molecule has 3 nitrogen and oxygen atoms in total. The van der Waals surface area contributed by atoms with Crippen LogP contribution in [-0.4, -0.2) is 25.0 Å². The molecule has 16 heavy (non-hydrogen) atoms. The Morgan fingerprint density at radius 2 is 2.38 bits per heavy atom. The van der Waals surface area contributed by atoms with Crippen LogP contribution in [0.4, 0.5) is 0 Å². The second kappa shape index (κ2) is 4.68. The third-order valence-electron chi connectivity index (χ3n) is 3.30. The standard InChI is InChI=1S/C13H21NO2/c1-13(2)7-10(6-11(15)8-13)14-9-12-4-3-5-16-12/h7,12,14H,3-6,8-9H2,1-2H3/p+1/t12-/m0/s1. The zero-order valence-corrected chi connectivity index (χ0v) is 10.3. The van der Waals surface area contributed by atoms with Gasteiger partial charge in [0.15, 0.2) is 0 Å². The summed E-state index contributed by atoms with van der Waals surface area (Å²) in [4.78, 5) is 11.6. The predicted molar refractivity (Wildman–Crippen MR) is 61.9 cm³/mol. The van der Waals surface area contributed by atoms with Crippen molar-refractivity contribution >= 4 is 5.78 Å². The van der Waals surface area contributed by atoms with Gasteiger partial charge in [-0.05, 0) is 24.3 Å². The van der Waals surface area contributed by atoms with Crippen molar-refractivity contribution in [2.24, 2.45) is 5.41 Å². The van der Waals surface area contributed by atoms with Crippen molar-refractivity contribution in [1.82, 2.24) is 0 Å². The highest BCUT2D eigenvalue weighted by atomic mass is 16.5. The molecule has 1 heterocycles. The third-order valence-corrected chi connectivity index (χ3v) is 3.30. The number of hydrogen-bond acceptors (Lipinski definition) is 2. The summed E-state index contributed by atoms with van der Waals surface area (Å²) in [5, 5.41) is 2.20. The van der Waals surface area contributed by atoms with Gasteiger partial charge >= 0.3 is 0 Å². The monoisotopic (exact) mass is 224 g/mol. The summed E-state index contributed by atoms with van der Waals surface area (Å²) < 4.78 is 5.58. The fraction of sp³-hybridized carbons (Fsp3) is 0.769. The Bertz CT molecular complexity index is 301. The highest BCUT2D eigenvalue weighted by molar-refractivity contribution is 5.82. The summed E-state index contributed by atoms with van der Waals surface area (Å²) in [6.07, 6.45) is 6.30. The largest absolute Gasteiger partial charge is 0.372 e. The van der Waals surface area contributed by atoms with Gasteiger partial charge in [0.1, 0.15) is 24.1 Å². The van der Waals surface area contributed by atoms with E-state index in [1.807, 2.05) is 0 Å². The van der Waals surface area contributed by atoms with Gasteiger partial charge in [0.25, 0.3) is 0 Å². The van der Waals surface area contributed by atoms with Gasteiger partial charge in [-0.15, -0.1) is 0 Å². The Hall–Kier alpha value is -0.670. The van der Waals surface area contributed by atoms with Crippen LogP contribution in [0.3, 0.4) is 0 Å². The Labute approximate surface area is 97.2 Å². The van der Waals surface area contributed by atoms with Crippen molar-refractivity contribution in [2.75, 3.05) is 13.2 Å². The molecule has 90 valence electrons. The van der Waals surface area contributed by atoms with E-state index in [1.165, 1.54) is 18.5 Å². The predicted octanol–water partition coefficient (Wildman–Crippen LogP) is 1.00. The first-order valence-corrected chi connectivity index (χ1v) is 6.23. The Morgan fingerprint density at radius 3 is 3.00 bits per heavy atom. The highest BCUT2D eigenvalue weighted by Crippen LogP contribution is 2.28. The van der Waals surface area contributed by atoms with Crippen molar-refractivity contribution in [3.8, 4) is 0 Å². The SMILES string of the molecule is CC1(C)C=C([NH2+]C[C@@H]2CCCO2)CC(=O)C1. The lowest BCUT2D eigenvalue weighted by Gasteiger charge is -2.25. The van der Waals surface area contributed by atoms with Crippen molar-refractivity contribution in [2.45, 2.75) is 45.6 Å². The fourth-order valence-corrected chi connectivity index (χ4v) is 2.65. The van der Waals surface area contributed by atoms with E-state index in [1.54, 1.807) is 0 Å². The Morgan fingerprint density at radius 1 is 1.56 bits per heavy atom. The summed E-state index contributed by atoms with van der Waals surface area (Å²) in [7, 11) is 0. The summed E-state index contributed by atoms with van der Waals surface area (Å²) in [6, 6.07) is 0. The number of nitrogens with two attached hydrogens (primary N) is 1. The molecule has 0 bridgehead atoms. The molecule has 1 atom stereocenters. The number of allylic oxidation sites excluding steroid dienone is 2. The number of rotatable bonds is 3. The van der Waals surface area contributed by atoms with Crippen molar-refractivity contribution in [3.63, 3.8) is 0 Å². The van der Waals surface area contributed by atoms with Gasteiger partial charge in [0.05, 0.1) is 6.42 Å². The molecule has 0 aromatic rings. The van der Waals surface area contributed by atoms with E-state index in [0.717, 1.165) is 13.2 Å². The first-order chi connectivity index (χ1) is 7.55. The molecule has 0 aromatic heterocycles. The van der Waals surface area contributed by atoms with E-state index in [4.69, 9.17) is 4.74 Å². The van der Waals surface area contributed by atoms with Gasteiger partial charge in [-0.2, -0.15) is 0 Å². The van der Waals surface area contributed by atoms with E-state index in [2.05, 4.69) is 25.2 Å². The Balaban J connectivity index is 1.88. The van der Waals surface area contributed by atoms with Crippen LogP contribution in [0, 0.1) is 5.41 Å². The second-order valence-corrected chi connectivity index (χ2v) is 5.67. The number of Topliss-reactive ketones (excluding diaryl/α,β-unsaturated/α-hetero) is 1. The van der Waals surface area contributed by atoms with Gasteiger partial charge < -0.3 is 10.1 Å². The van der Waals surface area contributed by atoms with E-state index in [-0.39, 0.29) is 5.41 Å². The van der Waals surface area contributed by atoms with Gasteiger partial charge in [0, 0.05) is 13.0 Å². The number of hydrogen-bond donors (Lipinski definition) is 1. The van der Waals surface area contributed by atoms with Crippen LogP contribution in [-0.2, 0) is 9.53 Å². The number of quaternary nitrogens is 1. The molecule has 0 aromatic carbocycles. The van der Waals surface area contributed by atoms with E-state index < -0.39 is 0 Å². The minimum Gasteiger partial charge on any atom is -0.372 e. The lowest BCUT2D eigenvalue weighted by Crippen LogP contribution is -2.85. The molecular formula is C13H22NO2+. The van der Waals surface area contributed by atoms with E-state index in [9.17, 15) is 4.79 Å². The maximum absolute atomic E-state index is 11.6. The number of ether oxygens (including phenoxy) is 1. The van der Waals surface area contributed by atoms with E-state index in [0.29, 0.717) is 24.7 Å². The lowest BCUT2D eigenvalue weighted by molar-refractivity contribution is -0.615. The molecule has 3 heteroatoms. The summed E-state index contributed by atoms with van der Waals surface area (Å²) in [5.41, 5.74) is 1.24. The van der Waals surface area contributed by atoms with Crippen molar-refractivity contribution in [1.29, 1.82) is 0 Å². The number of carbonyl (C=O) groups excluding carboxylic acids is 1. The van der Waals surface area contributed by atoms with E-state index >= 15 is 0 Å². The molecule has 1 saturated heterocycles. The lowest BCUT2D eigenvalue weighted by atomic mass is 9.81. The summed E-state index contributed by atoms with van der Waals surface area (Å²) in [5.74, 6) is 0.367. The molecule has 0 saturated carbocycles. The molecular weight excluding hydrogens is 202 g/mol.